The zero-order valence-corrected chi connectivity index (χ0v) is 31.4. The average Bonchev–Trinajstić information content (AvgIpc) is 3.19. The molecule has 0 radical (unpaired) electrons. The number of methoxy groups -OCH3 is 4. The van der Waals surface area contributed by atoms with Crippen LogP contribution in [-0.4, -0.2) is 70.9 Å². The second kappa shape index (κ2) is 17.2. The Bertz CT molecular complexity index is 2300. The summed E-state index contributed by atoms with van der Waals surface area (Å²) in [7, 11) is 6.04. The lowest BCUT2D eigenvalue weighted by Gasteiger charge is -2.17. The first-order valence-electron chi connectivity index (χ1n) is 16.5. The molecule has 0 aliphatic rings. The van der Waals surface area contributed by atoms with E-state index in [-0.39, 0.29) is 57.8 Å². The summed E-state index contributed by atoms with van der Waals surface area (Å²) >= 11 is 2.16. The molecule has 54 heavy (non-hydrogen) atoms. The van der Waals surface area contributed by atoms with Crippen molar-refractivity contribution in [3.05, 3.63) is 106 Å². The number of rotatable bonds is 15. The maximum absolute atomic E-state index is 13.9. The number of nitrogens with zero attached hydrogens (tertiary/aromatic N) is 4. The number of anilines is 2. The Morgan fingerprint density at radius 2 is 1.00 bits per heavy atom. The molecule has 14 nitrogen and oxygen atoms in total. The van der Waals surface area contributed by atoms with Crippen LogP contribution in [0.15, 0.2) is 105 Å². The van der Waals surface area contributed by atoms with Crippen molar-refractivity contribution < 1.29 is 28.5 Å². The van der Waals surface area contributed by atoms with Gasteiger partial charge in [0, 0.05) is 25.2 Å². The minimum absolute atomic E-state index is 0.0189. The quantitative estimate of drug-likeness (QED) is 0.102. The van der Waals surface area contributed by atoms with E-state index in [2.05, 4.69) is 10.6 Å². The molecule has 0 saturated heterocycles. The molecule has 2 aromatic heterocycles. The summed E-state index contributed by atoms with van der Waals surface area (Å²) in [6.07, 6.45) is 0. The summed E-state index contributed by atoms with van der Waals surface area (Å²) in [6.45, 7) is 0.0377. The molecular formula is C38H36N6O8S2. The highest BCUT2D eigenvalue weighted by Crippen LogP contribution is 2.31. The van der Waals surface area contributed by atoms with Gasteiger partial charge in [0.05, 0.1) is 73.1 Å². The van der Waals surface area contributed by atoms with Gasteiger partial charge >= 0.3 is 0 Å². The molecule has 0 fully saturated rings. The van der Waals surface area contributed by atoms with Crippen molar-refractivity contribution in [2.75, 3.05) is 50.6 Å². The van der Waals surface area contributed by atoms with Crippen molar-refractivity contribution in [3.8, 4) is 23.0 Å². The van der Waals surface area contributed by atoms with Crippen LogP contribution in [0.5, 0.6) is 23.0 Å². The first kappa shape index (κ1) is 37.7. The molecule has 6 aromatic rings. The van der Waals surface area contributed by atoms with Crippen molar-refractivity contribution in [1.82, 2.24) is 19.1 Å². The predicted molar refractivity (Wildman–Crippen MR) is 210 cm³/mol. The monoisotopic (exact) mass is 768 g/mol. The Kier molecular flexibility index (Phi) is 12.0. The topological polar surface area (TPSA) is 165 Å². The highest BCUT2D eigenvalue weighted by atomic mass is 32.2. The smallest absolute Gasteiger partial charge is 0.262 e. The Labute approximate surface area is 317 Å². The number of carbonyl (C=O) groups is 2. The summed E-state index contributed by atoms with van der Waals surface area (Å²) < 4.78 is 24.2. The molecule has 0 aliphatic heterocycles. The van der Waals surface area contributed by atoms with Gasteiger partial charge in [-0.2, -0.15) is 0 Å². The normalized spacial score (nSPS) is 11.0. The number of hydrogen-bond donors (Lipinski definition) is 2. The van der Waals surface area contributed by atoms with E-state index in [1.165, 1.54) is 37.6 Å². The predicted octanol–water partition coefficient (Wildman–Crippen LogP) is 5.30. The minimum atomic E-state index is -0.362. The van der Waals surface area contributed by atoms with Crippen LogP contribution in [0.4, 0.5) is 11.4 Å². The highest BCUT2D eigenvalue weighted by molar-refractivity contribution is 8.00. The number of amides is 2. The number of aromatic nitrogens is 4. The number of fused-ring (bicyclic) bond motifs is 2. The molecular weight excluding hydrogens is 733 g/mol. The second-order valence-electron chi connectivity index (χ2n) is 11.5. The molecule has 0 bridgehead atoms. The van der Waals surface area contributed by atoms with Crippen molar-refractivity contribution >= 4 is 68.5 Å². The molecule has 4 aromatic carbocycles. The third kappa shape index (κ3) is 8.45. The minimum Gasteiger partial charge on any atom is -0.497 e. The van der Waals surface area contributed by atoms with Gasteiger partial charge in [-0.15, -0.1) is 0 Å². The van der Waals surface area contributed by atoms with Crippen LogP contribution in [0.3, 0.4) is 0 Å². The molecule has 2 heterocycles. The molecule has 6 rings (SSSR count). The summed E-state index contributed by atoms with van der Waals surface area (Å²) in [5.41, 5.74) is 1.12. The van der Waals surface area contributed by atoms with Gasteiger partial charge in [-0.25, -0.2) is 9.97 Å². The standard InChI is InChI=1S/C38H36N6O8S2/c1-49-23-13-15-31(51-3)29(19-23)39-33(45)21-53-37-41-27-11-7-5-9-25(27)35(47)43(37)17-18-44-36(48)26-10-6-8-12-28(26)42-38(44)54-22-34(46)40-30-20-24(50-2)14-16-32(30)52-4/h5-16,19-20H,17-18,21-22H2,1-4H3,(H,39,45)(H,40,46). The number of ether oxygens (including phenoxy) is 4. The van der Waals surface area contributed by atoms with Crippen LogP contribution in [0, 0.1) is 0 Å². The molecule has 278 valence electrons. The van der Waals surface area contributed by atoms with Gasteiger partial charge in [-0.05, 0) is 48.5 Å². The molecule has 0 aliphatic carbocycles. The molecule has 16 heteroatoms. The van der Waals surface area contributed by atoms with Gasteiger partial charge in [0.25, 0.3) is 11.1 Å². The van der Waals surface area contributed by atoms with Crippen molar-refractivity contribution in [2.24, 2.45) is 0 Å². The van der Waals surface area contributed by atoms with E-state index in [0.717, 1.165) is 23.5 Å². The van der Waals surface area contributed by atoms with Crippen LogP contribution < -0.4 is 40.7 Å². The first-order valence-corrected chi connectivity index (χ1v) is 18.5. The summed E-state index contributed by atoms with van der Waals surface area (Å²) in [5, 5.41) is 7.01. The molecule has 2 N–H and O–H groups in total. The number of benzene rings is 4. The van der Waals surface area contributed by atoms with E-state index in [0.29, 0.717) is 56.2 Å². The van der Waals surface area contributed by atoms with Crippen LogP contribution >= 0.6 is 23.5 Å². The Morgan fingerprint density at radius 3 is 1.39 bits per heavy atom. The van der Waals surface area contributed by atoms with Gasteiger partial charge in [0.2, 0.25) is 11.8 Å². The molecule has 2 amide bonds. The Morgan fingerprint density at radius 1 is 0.593 bits per heavy atom. The van der Waals surface area contributed by atoms with E-state index >= 15 is 0 Å². The fraction of sp³-hybridized carbons (Fsp3) is 0.211. The van der Waals surface area contributed by atoms with Gasteiger partial charge < -0.3 is 29.6 Å². The number of carbonyl (C=O) groups excluding carboxylic acids is 2. The number of para-hydroxylation sites is 2. The zero-order valence-electron chi connectivity index (χ0n) is 29.8. The molecule has 0 unspecified atom stereocenters. The maximum atomic E-state index is 13.9. The van der Waals surface area contributed by atoms with E-state index in [1.54, 1.807) is 84.9 Å². The molecule has 0 spiro atoms. The van der Waals surface area contributed by atoms with Crippen molar-refractivity contribution in [3.63, 3.8) is 0 Å². The van der Waals surface area contributed by atoms with Gasteiger partial charge in [0.15, 0.2) is 10.3 Å². The summed E-state index contributed by atoms with van der Waals surface area (Å²) in [4.78, 5) is 63.7. The van der Waals surface area contributed by atoms with Crippen LogP contribution in [-0.2, 0) is 22.7 Å². The first-order chi connectivity index (χ1) is 26.2. The van der Waals surface area contributed by atoms with E-state index < -0.39 is 0 Å². The van der Waals surface area contributed by atoms with Crippen LogP contribution in [0.2, 0.25) is 0 Å². The number of thioether (sulfide) groups is 2. The maximum Gasteiger partial charge on any atom is 0.262 e. The third-order valence-corrected chi connectivity index (χ3v) is 10.2. The highest BCUT2D eigenvalue weighted by Gasteiger charge is 2.19. The number of hydrogen-bond acceptors (Lipinski definition) is 12. The SMILES string of the molecule is COc1ccc(OC)c(NC(=O)CSc2nc3ccccc3c(=O)n2CCn2c(SCC(=O)Nc3cc(OC)ccc3OC)nc3ccccc3c2=O)c1. The van der Waals surface area contributed by atoms with E-state index in [4.69, 9.17) is 28.9 Å². The Balaban J connectivity index is 1.27. The van der Waals surface area contributed by atoms with Crippen molar-refractivity contribution in [2.45, 2.75) is 23.4 Å². The molecule has 0 saturated carbocycles. The lowest BCUT2D eigenvalue weighted by molar-refractivity contribution is -0.114. The Hall–Kier alpha value is -6.00. The van der Waals surface area contributed by atoms with Gasteiger partial charge in [0.1, 0.15) is 23.0 Å². The fourth-order valence-electron chi connectivity index (χ4n) is 5.57. The summed E-state index contributed by atoms with van der Waals surface area (Å²) in [5.74, 6) is 1.09. The van der Waals surface area contributed by atoms with Crippen molar-refractivity contribution in [1.29, 1.82) is 0 Å². The van der Waals surface area contributed by atoms with Gasteiger partial charge in [-0.1, -0.05) is 47.8 Å². The lowest BCUT2D eigenvalue weighted by atomic mass is 10.2. The van der Waals surface area contributed by atoms with Crippen LogP contribution in [0.1, 0.15) is 0 Å². The zero-order chi connectivity index (χ0) is 38.2. The van der Waals surface area contributed by atoms with E-state index in [9.17, 15) is 19.2 Å². The van der Waals surface area contributed by atoms with E-state index in [1.807, 2.05) is 0 Å². The lowest BCUT2D eigenvalue weighted by Crippen LogP contribution is -2.30. The van der Waals surface area contributed by atoms with Gasteiger partial charge in [-0.3, -0.25) is 28.3 Å². The van der Waals surface area contributed by atoms with Crippen LogP contribution in [0.25, 0.3) is 21.8 Å². The molecule has 0 atom stereocenters. The number of nitrogens with one attached hydrogen (secondary N) is 2. The summed E-state index contributed by atoms with van der Waals surface area (Å²) in [6, 6.07) is 24.0. The largest absolute Gasteiger partial charge is 0.497 e. The second-order valence-corrected chi connectivity index (χ2v) is 13.4. The fourth-order valence-corrected chi connectivity index (χ4v) is 7.22. The third-order valence-electron chi connectivity index (χ3n) is 8.23. The average molecular weight is 769 g/mol.